The van der Waals surface area contributed by atoms with E-state index in [0.29, 0.717) is 42.9 Å². The molecule has 2 aliphatic rings. The number of ether oxygens (including phenoxy) is 1. The van der Waals surface area contributed by atoms with Crippen LogP contribution in [0, 0.1) is 0 Å². The second kappa shape index (κ2) is 9.67. The Labute approximate surface area is 184 Å². The zero-order chi connectivity index (χ0) is 21.8. The van der Waals surface area contributed by atoms with Crippen LogP contribution in [0.5, 0.6) is 0 Å². The Kier molecular flexibility index (Phi) is 6.93. The molecule has 2 fully saturated rings. The first-order valence-electron chi connectivity index (χ1n) is 11.4. The predicted octanol–water partition coefficient (Wildman–Crippen LogP) is 2.46. The number of aromatic nitrogens is 2. The van der Waals surface area contributed by atoms with E-state index in [0.717, 1.165) is 56.6 Å². The third-order valence-electron chi connectivity index (χ3n) is 6.08. The van der Waals surface area contributed by atoms with E-state index in [4.69, 9.17) is 9.72 Å². The fourth-order valence-electron chi connectivity index (χ4n) is 4.41. The molecule has 0 saturated carbocycles. The summed E-state index contributed by atoms with van der Waals surface area (Å²) in [4.78, 5) is 17.3. The number of hydrogen-bond donors (Lipinski definition) is 1. The molecular formula is C22H32N4O4S. The van der Waals surface area contributed by atoms with E-state index in [-0.39, 0.29) is 12.0 Å². The summed E-state index contributed by atoms with van der Waals surface area (Å²) in [6, 6.07) is 5.21. The summed E-state index contributed by atoms with van der Waals surface area (Å²) in [7, 11) is -3.48. The van der Waals surface area contributed by atoms with Gasteiger partial charge in [0.1, 0.15) is 5.82 Å². The van der Waals surface area contributed by atoms with Crippen molar-refractivity contribution in [1.29, 1.82) is 0 Å². The molecule has 8 nitrogen and oxygen atoms in total. The van der Waals surface area contributed by atoms with Crippen LogP contribution < -0.4 is 5.32 Å². The molecule has 0 bridgehead atoms. The first-order valence-corrected chi connectivity index (χ1v) is 12.8. The molecule has 170 valence electrons. The highest BCUT2D eigenvalue weighted by Gasteiger charge is 2.28. The Bertz CT molecular complexity index is 1020. The Morgan fingerprint density at radius 2 is 2.06 bits per heavy atom. The number of amides is 1. The van der Waals surface area contributed by atoms with E-state index in [1.807, 2.05) is 6.07 Å². The standard InChI is InChI=1S/C22H32N4O4S/c1-2-11-26-20-8-7-18(31(28,29)25-12-3-4-13-25)15-19(20)24-21(26)9-10-22(27)23-16-17-6-5-14-30-17/h7-8,15,17H,2-6,9-14,16H2,1H3,(H,23,27). The lowest BCUT2D eigenvalue weighted by Crippen LogP contribution is -2.32. The van der Waals surface area contributed by atoms with Crippen LogP contribution in [0.4, 0.5) is 0 Å². The number of sulfonamides is 1. The Morgan fingerprint density at radius 3 is 2.77 bits per heavy atom. The normalized spacial score (nSPS) is 20.0. The number of benzene rings is 1. The van der Waals surface area contributed by atoms with Crippen LogP contribution in [-0.4, -0.2) is 60.5 Å². The SMILES string of the molecule is CCCn1c(CCC(=O)NCC2CCCO2)nc2cc(S(=O)(=O)N3CCCC3)ccc21. The number of rotatable bonds is 9. The number of hydrogen-bond acceptors (Lipinski definition) is 5. The van der Waals surface area contributed by atoms with Crippen LogP contribution >= 0.6 is 0 Å². The van der Waals surface area contributed by atoms with E-state index in [1.54, 1.807) is 16.4 Å². The van der Waals surface area contributed by atoms with Crippen LogP contribution in [0.15, 0.2) is 23.1 Å². The highest BCUT2D eigenvalue weighted by Crippen LogP contribution is 2.26. The summed E-state index contributed by atoms with van der Waals surface area (Å²) < 4.78 is 35.0. The average molecular weight is 449 g/mol. The molecule has 1 aromatic carbocycles. The van der Waals surface area contributed by atoms with E-state index >= 15 is 0 Å². The van der Waals surface area contributed by atoms with Gasteiger partial charge in [0.05, 0.1) is 22.0 Å². The molecule has 2 saturated heterocycles. The third-order valence-corrected chi connectivity index (χ3v) is 7.97. The minimum absolute atomic E-state index is 0.0112. The first kappa shape index (κ1) is 22.2. The van der Waals surface area contributed by atoms with E-state index in [9.17, 15) is 13.2 Å². The lowest BCUT2D eigenvalue weighted by atomic mass is 10.2. The van der Waals surface area contributed by atoms with Crippen LogP contribution in [0.1, 0.15) is 51.3 Å². The molecule has 0 radical (unpaired) electrons. The van der Waals surface area contributed by atoms with E-state index in [1.165, 1.54) is 0 Å². The van der Waals surface area contributed by atoms with Crippen molar-refractivity contribution >= 4 is 27.0 Å². The van der Waals surface area contributed by atoms with Crippen LogP contribution in [-0.2, 0) is 32.5 Å². The maximum atomic E-state index is 12.9. The van der Waals surface area contributed by atoms with Crippen molar-refractivity contribution in [3.05, 3.63) is 24.0 Å². The number of carbonyl (C=O) groups excluding carboxylic acids is 1. The number of nitrogens with one attached hydrogen (secondary N) is 1. The summed E-state index contributed by atoms with van der Waals surface area (Å²) in [5.41, 5.74) is 1.58. The maximum Gasteiger partial charge on any atom is 0.243 e. The summed E-state index contributed by atoms with van der Waals surface area (Å²) in [6.45, 7) is 5.37. The quantitative estimate of drug-likeness (QED) is 0.636. The van der Waals surface area contributed by atoms with Crippen LogP contribution in [0.25, 0.3) is 11.0 Å². The fraction of sp³-hybridized carbons (Fsp3) is 0.636. The predicted molar refractivity (Wildman–Crippen MR) is 118 cm³/mol. The Morgan fingerprint density at radius 1 is 1.26 bits per heavy atom. The molecule has 0 aliphatic carbocycles. The highest BCUT2D eigenvalue weighted by molar-refractivity contribution is 7.89. The van der Waals surface area contributed by atoms with Gasteiger partial charge in [-0.1, -0.05) is 6.92 Å². The average Bonchev–Trinajstić information content (AvgIpc) is 3.52. The van der Waals surface area contributed by atoms with Gasteiger partial charge in [0.15, 0.2) is 0 Å². The van der Waals surface area contributed by atoms with Gasteiger partial charge < -0.3 is 14.6 Å². The van der Waals surface area contributed by atoms with Gasteiger partial charge in [0.25, 0.3) is 0 Å². The monoisotopic (exact) mass is 448 g/mol. The summed E-state index contributed by atoms with van der Waals surface area (Å²) >= 11 is 0. The topological polar surface area (TPSA) is 93.5 Å². The van der Waals surface area contributed by atoms with E-state index < -0.39 is 10.0 Å². The Balaban J connectivity index is 1.49. The number of nitrogens with zero attached hydrogens (tertiary/aromatic N) is 3. The number of fused-ring (bicyclic) bond motifs is 1. The molecule has 1 amide bonds. The minimum Gasteiger partial charge on any atom is -0.376 e. The molecule has 2 aliphatic heterocycles. The lowest BCUT2D eigenvalue weighted by molar-refractivity contribution is -0.121. The van der Waals surface area contributed by atoms with Gasteiger partial charge in [-0.05, 0) is 50.3 Å². The molecule has 1 N–H and O–H groups in total. The van der Waals surface area contributed by atoms with Crippen LogP contribution in [0.3, 0.4) is 0 Å². The molecule has 0 spiro atoms. The van der Waals surface area contributed by atoms with Crippen molar-refractivity contribution in [3.8, 4) is 0 Å². The van der Waals surface area contributed by atoms with Crippen molar-refractivity contribution in [2.75, 3.05) is 26.2 Å². The van der Waals surface area contributed by atoms with E-state index in [2.05, 4.69) is 16.8 Å². The highest BCUT2D eigenvalue weighted by atomic mass is 32.2. The largest absolute Gasteiger partial charge is 0.376 e. The molecule has 1 aromatic heterocycles. The zero-order valence-corrected chi connectivity index (χ0v) is 19.0. The number of carbonyl (C=O) groups is 1. The van der Waals surface area contributed by atoms with Gasteiger partial charge >= 0.3 is 0 Å². The van der Waals surface area contributed by atoms with Crippen molar-refractivity contribution in [1.82, 2.24) is 19.2 Å². The molecule has 4 rings (SSSR count). The molecule has 1 unspecified atom stereocenters. The van der Waals surface area contributed by atoms with Gasteiger partial charge in [-0.15, -0.1) is 0 Å². The van der Waals surface area contributed by atoms with Crippen LogP contribution in [0.2, 0.25) is 0 Å². The maximum absolute atomic E-state index is 12.9. The molecular weight excluding hydrogens is 416 g/mol. The molecule has 9 heteroatoms. The molecule has 2 aromatic rings. The Hall–Kier alpha value is -1.97. The smallest absolute Gasteiger partial charge is 0.243 e. The molecule has 31 heavy (non-hydrogen) atoms. The summed E-state index contributed by atoms with van der Waals surface area (Å²) in [5.74, 6) is 0.808. The first-order chi connectivity index (χ1) is 15.0. The van der Waals surface area contributed by atoms with Crippen molar-refractivity contribution in [3.63, 3.8) is 0 Å². The van der Waals surface area contributed by atoms with Gasteiger partial charge in [-0.2, -0.15) is 4.31 Å². The van der Waals surface area contributed by atoms with Gasteiger partial charge in [0, 0.05) is 45.6 Å². The fourth-order valence-corrected chi connectivity index (χ4v) is 5.95. The van der Waals surface area contributed by atoms with Crippen molar-refractivity contribution < 1.29 is 17.9 Å². The summed E-state index contributed by atoms with van der Waals surface area (Å²) in [6.07, 6.45) is 5.78. The second-order valence-electron chi connectivity index (χ2n) is 8.38. The third kappa shape index (κ3) is 4.94. The van der Waals surface area contributed by atoms with Gasteiger partial charge in [0.2, 0.25) is 15.9 Å². The van der Waals surface area contributed by atoms with Crippen molar-refractivity contribution in [2.45, 2.75) is 69.4 Å². The van der Waals surface area contributed by atoms with Crippen molar-refractivity contribution in [2.24, 2.45) is 0 Å². The minimum atomic E-state index is -3.48. The number of aryl methyl sites for hydroxylation is 2. The molecule has 3 heterocycles. The summed E-state index contributed by atoms with van der Waals surface area (Å²) in [5, 5.41) is 2.95. The molecule has 1 atom stereocenters. The van der Waals surface area contributed by atoms with Gasteiger partial charge in [-0.25, -0.2) is 13.4 Å². The zero-order valence-electron chi connectivity index (χ0n) is 18.2. The lowest BCUT2D eigenvalue weighted by Gasteiger charge is -2.15. The second-order valence-corrected chi connectivity index (χ2v) is 10.3. The van der Waals surface area contributed by atoms with Gasteiger partial charge in [-0.3, -0.25) is 4.79 Å². The number of imidazole rings is 1.